The Hall–Kier alpha value is -2.54. The van der Waals surface area contributed by atoms with Gasteiger partial charge in [-0.25, -0.2) is 0 Å². The van der Waals surface area contributed by atoms with Crippen molar-refractivity contribution in [1.82, 2.24) is 0 Å². The van der Waals surface area contributed by atoms with E-state index in [1.807, 2.05) is 25.1 Å². The number of phenols is 1. The van der Waals surface area contributed by atoms with E-state index in [-0.39, 0.29) is 0 Å². The molecule has 0 saturated carbocycles. The van der Waals surface area contributed by atoms with Crippen LogP contribution in [0, 0.1) is 0 Å². The van der Waals surface area contributed by atoms with Crippen LogP contribution in [0.5, 0.6) is 5.75 Å². The summed E-state index contributed by atoms with van der Waals surface area (Å²) in [5, 5.41) is 9.34. The highest BCUT2D eigenvalue weighted by atomic mass is 16.3. The Kier molecular flexibility index (Phi) is 5.79. The lowest BCUT2D eigenvalue weighted by Crippen LogP contribution is -1.79. The molecule has 0 aliphatic rings. The fourth-order valence-electron chi connectivity index (χ4n) is 2.15. The van der Waals surface area contributed by atoms with Crippen LogP contribution in [0.4, 0.5) is 0 Å². The van der Waals surface area contributed by atoms with Gasteiger partial charge in [0.05, 0.1) is 0 Å². The Balaban J connectivity index is 2.13. The Bertz CT molecular complexity index is 671. The number of phenolic OH excluding ortho intramolecular Hbond substituents is 1. The number of aromatic hydroxyl groups is 1. The Morgan fingerprint density at radius 2 is 1.55 bits per heavy atom. The van der Waals surface area contributed by atoms with Gasteiger partial charge in [-0.2, -0.15) is 0 Å². The molecule has 0 spiro atoms. The second kappa shape index (κ2) is 8.04. The zero-order valence-corrected chi connectivity index (χ0v) is 13.2. The molecule has 2 aromatic carbocycles. The van der Waals surface area contributed by atoms with E-state index in [1.165, 1.54) is 11.1 Å². The van der Waals surface area contributed by atoms with Gasteiger partial charge >= 0.3 is 0 Å². The van der Waals surface area contributed by atoms with Crippen LogP contribution >= 0.6 is 0 Å². The van der Waals surface area contributed by atoms with Crippen molar-refractivity contribution < 1.29 is 5.11 Å². The lowest BCUT2D eigenvalue weighted by Gasteiger charge is -2.03. The van der Waals surface area contributed by atoms with Gasteiger partial charge in [-0.05, 0) is 47.7 Å². The summed E-state index contributed by atoms with van der Waals surface area (Å²) in [6.45, 7) is 4.18. The highest BCUT2D eigenvalue weighted by Crippen LogP contribution is 2.22. The van der Waals surface area contributed by atoms with Gasteiger partial charge in [0.1, 0.15) is 5.75 Å². The van der Waals surface area contributed by atoms with Gasteiger partial charge < -0.3 is 5.11 Å². The summed E-state index contributed by atoms with van der Waals surface area (Å²) in [6, 6.07) is 15.7. The summed E-state index contributed by atoms with van der Waals surface area (Å²) in [5.74, 6) is 0.295. The predicted octanol–water partition coefficient (Wildman–Crippen LogP) is 5.98. The minimum Gasteiger partial charge on any atom is -0.508 e. The van der Waals surface area contributed by atoms with E-state index in [0.29, 0.717) is 5.75 Å². The van der Waals surface area contributed by atoms with Crippen LogP contribution < -0.4 is 0 Å². The van der Waals surface area contributed by atoms with E-state index in [1.54, 1.807) is 12.1 Å². The van der Waals surface area contributed by atoms with E-state index in [2.05, 4.69) is 55.5 Å². The van der Waals surface area contributed by atoms with Crippen LogP contribution in [0.2, 0.25) is 0 Å². The van der Waals surface area contributed by atoms with E-state index in [9.17, 15) is 5.11 Å². The topological polar surface area (TPSA) is 20.2 Å². The molecular formula is C21H22O. The van der Waals surface area contributed by atoms with Gasteiger partial charge in [-0.15, -0.1) is 0 Å². The molecule has 22 heavy (non-hydrogen) atoms. The standard InChI is InChI=1S/C21H22O/c1-3-5-6-17(4-2)7-8-18-9-11-19(12-10-18)20-13-15-21(22)16-14-20/h3,5-16,22H,4H2,1-2H3/b5-3-,8-7+,17-6+. The van der Waals surface area contributed by atoms with Gasteiger partial charge in [0.25, 0.3) is 0 Å². The first-order valence-corrected chi connectivity index (χ1v) is 7.62. The van der Waals surface area contributed by atoms with E-state index < -0.39 is 0 Å². The third kappa shape index (κ3) is 4.49. The molecule has 0 aliphatic heterocycles. The number of hydrogen-bond donors (Lipinski definition) is 1. The van der Waals surface area contributed by atoms with Gasteiger partial charge in [-0.1, -0.05) is 73.7 Å². The molecule has 1 N–H and O–H groups in total. The average molecular weight is 290 g/mol. The average Bonchev–Trinajstić information content (AvgIpc) is 2.56. The molecule has 0 aliphatic carbocycles. The van der Waals surface area contributed by atoms with E-state index in [4.69, 9.17) is 0 Å². The van der Waals surface area contributed by atoms with Crippen molar-refractivity contribution >= 4 is 6.08 Å². The van der Waals surface area contributed by atoms with Crippen molar-refractivity contribution in [3.05, 3.63) is 84.0 Å². The molecule has 0 radical (unpaired) electrons. The van der Waals surface area contributed by atoms with Crippen LogP contribution in [0.15, 0.2) is 78.4 Å². The minimum absolute atomic E-state index is 0.295. The third-order valence-corrected chi connectivity index (χ3v) is 3.51. The fourth-order valence-corrected chi connectivity index (χ4v) is 2.15. The molecule has 112 valence electrons. The van der Waals surface area contributed by atoms with Crippen LogP contribution in [-0.4, -0.2) is 5.11 Å². The molecule has 0 amide bonds. The number of hydrogen-bond acceptors (Lipinski definition) is 1. The summed E-state index contributed by atoms with van der Waals surface area (Å²) in [7, 11) is 0. The van der Waals surface area contributed by atoms with Crippen molar-refractivity contribution in [2.24, 2.45) is 0 Å². The van der Waals surface area contributed by atoms with Gasteiger partial charge in [-0.3, -0.25) is 0 Å². The first-order valence-electron chi connectivity index (χ1n) is 7.62. The lowest BCUT2D eigenvalue weighted by atomic mass is 10.0. The molecule has 2 rings (SSSR count). The maximum Gasteiger partial charge on any atom is 0.115 e. The SMILES string of the molecule is C\C=C/C=C(/C=C/c1ccc(-c2ccc(O)cc2)cc1)CC. The minimum atomic E-state index is 0.295. The fraction of sp³-hybridized carbons (Fsp3) is 0.143. The molecule has 0 aromatic heterocycles. The second-order valence-electron chi connectivity index (χ2n) is 5.12. The Morgan fingerprint density at radius 1 is 0.955 bits per heavy atom. The first kappa shape index (κ1) is 15.8. The van der Waals surface area contributed by atoms with Gasteiger partial charge in [0.15, 0.2) is 0 Å². The Morgan fingerprint density at radius 3 is 2.09 bits per heavy atom. The van der Waals surface area contributed by atoms with Gasteiger partial charge in [0, 0.05) is 0 Å². The maximum absolute atomic E-state index is 9.34. The van der Waals surface area contributed by atoms with Crippen molar-refractivity contribution in [2.45, 2.75) is 20.3 Å². The summed E-state index contributed by atoms with van der Waals surface area (Å²) < 4.78 is 0. The molecule has 1 heteroatoms. The number of allylic oxidation sites excluding steroid dienone is 5. The number of benzene rings is 2. The van der Waals surface area contributed by atoms with Gasteiger partial charge in [0.2, 0.25) is 0 Å². The monoisotopic (exact) mass is 290 g/mol. The maximum atomic E-state index is 9.34. The first-order chi connectivity index (χ1) is 10.7. The third-order valence-electron chi connectivity index (χ3n) is 3.51. The summed E-state index contributed by atoms with van der Waals surface area (Å²) in [5.41, 5.74) is 4.75. The lowest BCUT2D eigenvalue weighted by molar-refractivity contribution is 0.475. The molecule has 0 bridgehead atoms. The quantitative estimate of drug-likeness (QED) is 0.671. The molecular weight excluding hydrogens is 268 g/mol. The zero-order valence-electron chi connectivity index (χ0n) is 13.2. The number of rotatable bonds is 5. The van der Waals surface area contributed by atoms with E-state index >= 15 is 0 Å². The normalized spacial score (nSPS) is 12.4. The molecule has 0 saturated heterocycles. The molecule has 0 unspecified atom stereocenters. The van der Waals surface area contributed by atoms with Crippen LogP contribution in [0.1, 0.15) is 25.8 Å². The van der Waals surface area contributed by atoms with Crippen molar-refractivity contribution in [1.29, 1.82) is 0 Å². The van der Waals surface area contributed by atoms with Crippen molar-refractivity contribution in [2.75, 3.05) is 0 Å². The molecule has 0 fully saturated rings. The van der Waals surface area contributed by atoms with Crippen molar-refractivity contribution in [3.63, 3.8) is 0 Å². The molecule has 2 aromatic rings. The summed E-state index contributed by atoms with van der Waals surface area (Å²) in [6.07, 6.45) is 11.6. The highest BCUT2D eigenvalue weighted by Gasteiger charge is 1.97. The Labute approximate surface area is 132 Å². The summed E-state index contributed by atoms with van der Waals surface area (Å²) >= 11 is 0. The molecule has 0 heterocycles. The molecule has 1 nitrogen and oxygen atoms in total. The van der Waals surface area contributed by atoms with Crippen LogP contribution in [0.3, 0.4) is 0 Å². The van der Waals surface area contributed by atoms with Crippen LogP contribution in [-0.2, 0) is 0 Å². The molecule has 0 atom stereocenters. The van der Waals surface area contributed by atoms with E-state index in [0.717, 1.165) is 17.5 Å². The smallest absolute Gasteiger partial charge is 0.115 e. The highest BCUT2D eigenvalue weighted by molar-refractivity contribution is 5.66. The van der Waals surface area contributed by atoms with Crippen LogP contribution in [0.25, 0.3) is 17.2 Å². The predicted molar refractivity (Wildman–Crippen MR) is 95.8 cm³/mol. The second-order valence-corrected chi connectivity index (χ2v) is 5.12. The van der Waals surface area contributed by atoms with Crippen molar-refractivity contribution in [3.8, 4) is 16.9 Å². The summed E-state index contributed by atoms with van der Waals surface area (Å²) in [4.78, 5) is 0. The zero-order chi connectivity index (χ0) is 15.8. The largest absolute Gasteiger partial charge is 0.508 e.